The van der Waals surface area contributed by atoms with Gasteiger partial charge in [0.1, 0.15) is 5.75 Å². The Morgan fingerprint density at radius 2 is 1.50 bits per heavy atom. The summed E-state index contributed by atoms with van der Waals surface area (Å²) in [5, 5.41) is 9.61. The van der Waals surface area contributed by atoms with Crippen molar-refractivity contribution >= 4 is 29.4 Å². The van der Waals surface area contributed by atoms with Crippen molar-refractivity contribution in [1.29, 1.82) is 0 Å². The summed E-state index contributed by atoms with van der Waals surface area (Å²) in [6, 6.07) is 11.4. The van der Waals surface area contributed by atoms with Gasteiger partial charge >= 0.3 is 5.97 Å². The molecule has 2 rings (SSSR count). The zero-order valence-corrected chi connectivity index (χ0v) is 13.0. The molecule has 2 amide bonds. The van der Waals surface area contributed by atoms with Crippen LogP contribution in [0.4, 0.5) is 0 Å². The average molecular weight is 349 g/mol. The number of benzene rings is 2. The second-order valence-corrected chi connectivity index (χ2v) is 5.07. The summed E-state index contributed by atoms with van der Waals surface area (Å²) in [5.74, 6) is -1.96. The maximum absolute atomic E-state index is 11.8. The highest BCUT2D eigenvalue weighted by atomic mass is 35.5. The Hall–Kier alpha value is -3.06. The number of phenols is 1. The van der Waals surface area contributed by atoms with Crippen LogP contribution in [-0.2, 0) is 9.53 Å². The minimum absolute atomic E-state index is 0.00852. The van der Waals surface area contributed by atoms with Crippen LogP contribution in [0.15, 0.2) is 48.5 Å². The lowest BCUT2D eigenvalue weighted by molar-refractivity contribution is -0.125. The molecule has 0 aliphatic carbocycles. The number of halogens is 1. The molecule has 3 N–H and O–H groups in total. The number of carbonyl (C=O) groups is 3. The molecule has 0 unspecified atom stereocenters. The Morgan fingerprint density at radius 1 is 0.917 bits per heavy atom. The van der Waals surface area contributed by atoms with Crippen molar-refractivity contribution in [3.8, 4) is 5.75 Å². The summed E-state index contributed by atoms with van der Waals surface area (Å²) in [6.45, 7) is -0.569. The molecule has 0 heterocycles. The van der Waals surface area contributed by atoms with Gasteiger partial charge in [-0.2, -0.15) is 0 Å². The van der Waals surface area contributed by atoms with E-state index in [1.54, 1.807) is 0 Å². The van der Waals surface area contributed by atoms with Crippen LogP contribution in [0.1, 0.15) is 20.7 Å². The van der Waals surface area contributed by atoms with Gasteiger partial charge in [0.2, 0.25) is 0 Å². The van der Waals surface area contributed by atoms with Gasteiger partial charge in [0.15, 0.2) is 6.61 Å². The lowest BCUT2D eigenvalue weighted by atomic mass is 10.2. The summed E-state index contributed by atoms with van der Waals surface area (Å²) in [7, 11) is 0. The number of ether oxygens (including phenoxy) is 1. The summed E-state index contributed by atoms with van der Waals surface area (Å²) in [5.41, 5.74) is 4.80. The molecule has 0 aliphatic rings. The number of hydrazine groups is 1. The quantitative estimate of drug-likeness (QED) is 0.576. The topological polar surface area (TPSA) is 105 Å². The van der Waals surface area contributed by atoms with Gasteiger partial charge in [0.25, 0.3) is 11.8 Å². The van der Waals surface area contributed by atoms with E-state index in [0.29, 0.717) is 10.6 Å². The van der Waals surface area contributed by atoms with Crippen molar-refractivity contribution in [3.63, 3.8) is 0 Å². The number of nitrogens with one attached hydrogen (secondary N) is 2. The van der Waals surface area contributed by atoms with Crippen LogP contribution in [-0.4, -0.2) is 29.5 Å². The van der Waals surface area contributed by atoms with Crippen molar-refractivity contribution in [2.75, 3.05) is 6.61 Å². The van der Waals surface area contributed by atoms with Crippen LogP contribution in [0.2, 0.25) is 5.02 Å². The minimum Gasteiger partial charge on any atom is -0.508 e. The molecule has 8 heteroatoms. The first-order valence-corrected chi connectivity index (χ1v) is 7.14. The zero-order valence-electron chi connectivity index (χ0n) is 12.3. The van der Waals surface area contributed by atoms with Gasteiger partial charge in [0.05, 0.1) is 5.56 Å². The first-order valence-electron chi connectivity index (χ1n) is 6.76. The van der Waals surface area contributed by atoms with Crippen LogP contribution in [0.3, 0.4) is 0 Å². The molecule has 124 valence electrons. The monoisotopic (exact) mass is 348 g/mol. The van der Waals surface area contributed by atoms with E-state index in [1.165, 1.54) is 48.5 Å². The van der Waals surface area contributed by atoms with E-state index in [0.717, 1.165) is 0 Å². The highest BCUT2D eigenvalue weighted by molar-refractivity contribution is 6.30. The maximum atomic E-state index is 11.8. The molecule has 2 aromatic rings. The normalized spacial score (nSPS) is 9.88. The van der Waals surface area contributed by atoms with Gasteiger partial charge in [0, 0.05) is 10.6 Å². The van der Waals surface area contributed by atoms with Crippen molar-refractivity contribution in [2.45, 2.75) is 0 Å². The predicted octanol–water partition coefficient (Wildman–Crippen LogP) is 1.66. The number of aromatic hydroxyl groups is 1. The molecule has 0 aromatic heterocycles. The second kappa shape index (κ2) is 7.98. The Morgan fingerprint density at radius 3 is 2.12 bits per heavy atom. The molecular weight excluding hydrogens is 336 g/mol. The zero-order chi connectivity index (χ0) is 17.5. The van der Waals surface area contributed by atoms with E-state index in [1.807, 2.05) is 0 Å². The molecule has 0 fully saturated rings. The summed E-state index contributed by atoms with van der Waals surface area (Å²) < 4.78 is 4.78. The van der Waals surface area contributed by atoms with Crippen molar-refractivity contribution in [3.05, 3.63) is 64.7 Å². The molecular formula is C16H13ClN2O5. The summed E-state index contributed by atoms with van der Waals surface area (Å²) in [6.07, 6.45) is 0. The fraction of sp³-hybridized carbons (Fsp3) is 0.0625. The minimum atomic E-state index is -0.728. The molecule has 7 nitrogen and oxygen atoms in total. The van der Waals surface area contributed by atoms with E-state index >= 15 is 0 Å². The number of phenolic OH excluding ortho intramolecular Hbond substituents is 1. The van der Waals surface area contributed by atoms with Gasteiger partial charge in [-0.05, 0) is 48.5 Å². The maximum Gasteiger partial charge on any atom is 0.338 e. The molecule has 0 saturated carbocycles. The van der Waals surface area contributed by atoms with Gasteiger partial charge in [-0.25, -0.2) is 4.79 Å². The Balaban J connectivity index is 1.77. The first-order chi connectivity index (χ1) is 11.5. The molecule has 0 aliphatic heterocycles. The van der Waals surface area contributed by atoms with Crippen molar-refractivity contribution < 1.29 is 24.2 Å². The van der Waals surface area contributed by atoms with Crippen LogP contribution in [0.25, 0.3) is 0 Å². The van der Waals surface area contributed by atoms with Gasteiger partial charge in [-0.3, -0.25) is 20.4 Å². The fourth-order valence-electron chi connectivity index (χ4n) is 1.65. The summed E-state index contributed by atoms with van der Waals surface area (Å²) in [4.78, 5) is 35.0. The molecule has 0 atom stereocenters. The van der Waals surface area contributed by atoms with Crippen LogP contribution in [0.5, 0.6) is 5.75 Å². The lowest BCUT2D eigenvalue weighted by Crippen LogP contribution is -2.43. The number of carbonyl (C=O) groups excluding carboxylic acids is 3. The number of hydrogen-bond acceptors (Lipinski definition) is 5. The molecule has 0 bridgehead atoms. The third-order valence-corrected chi connectivity index (χ3v) is 3.11. The number of amides is 2. The SMILES string of the molecule is O=C(COC(=O)c1ccc(O)cc1)NNC(=O)c1ccc(Cl)cc1. The van der Waals surface area contributed by atoms with Crippen LogP contribution in [0, 0.1) is 0 Å². The van der Waals surface area contributed by atoms with Crippen molar-refractivity contribution in [2.24, 2.45) is 0 Å². The van der Waals surface area contributed by atoms with E-state index in [9.17, 15) is 14.4 Å². The Labute approximate surface area is 142 Å². The van der Waals surface area contributed by atoms with Crippen LogP contribution < -0.4 is 10.9 Å². The second-order valence-electron chi connectivity index (χ2n) is 4.63. The predicted molar refractivity (Wildman–Crippen MR) is 85.5 cm³/mol. The smallest absolute Gasteiger partial charge is 0.338 e. The number of rotatable bonds is 4. The largest absolute Gasteiger partial charge is 0.508 e. The van der Waals surface area contributed by atoms with E-state index in [4.69, 9.17) is 21.4 Å². The third-order valence-electron chi connectivity index (χ3n) is 2.86. The molecule has 0 radical (unpaired) electrons. The Bertz CT molecular complexity index is 681. The Kier molecular flexibility index (Phi) is 5.75. The van der Waals surface area contributed by atoms with E-state index in [-0.39, 0.29) is 11.3 Å². The third kappa shape index (κ3) is 4.99. The summed E-state index contributed by atoms with van der Waals surface area (Å²) >= 11 is 5.71. The highest BCUT2D eigenvalue weighted by Gasteiger charge is 2.11. The van der Waals surface area contributed by atoms with Crippen LogP contribution >= 0.6 is 11.6 Å². The van der Waals surface area contributed by atoms with Gasteiger partial charge in [-0.15, -0.1) is 0 Å². The van der Waals surface area contributed by atoms with E-state index < -0.39 is 24.4 Å². The molecule has 2 aromatic carbocycles. The van der Waals surface area contributed by atoms with Gasteiger partial charge in [-0.1, -0.05) is 11.6 Å². The molecule has 24 heavy (non-hydrogen) atoms. The van der Waals surface area contributed by atoms with Crippen molar-refractivity contribution in [1.82, 2.24) is 10.9 Å². The standard InChI is InChI=1S/C16H13ClN2O5/c17-12-5-1-10(2-6-12)15(22)19-18-14(21)9-24-16(23)11-3-7-13(20)8-4-11/h1-8,20H,9H2,(H,18,21)(H,19,22). The number of esters is 1. The van der Waals surface area contributed by atoms with E-state index in [2.05, 4.69) is 10.9 Å². The fourth-order valence-corrected chi connectivity index (χ4v) is 1.77. The molecule has 0 saturated heterocycles. The van der Waals surface area contributed by atoms with Gasteiger partial charge < -0.3 is 9.84 Å². The highest BCUT2D eigenvalue weighted by Crippen LogP contribution is 2.10. The lowest BCUT2D eigenvalue weighted by Gasteiger charge is -2.08. The first kappa shape index (κ1) is 17.3. The number of hydrogen-bond donors (Lipinski definition) is 3. The molecule has 0 spiro atoms. The average Bonchev–Trinajstić information content (AvgIpc) is 2.58.